The molecule has 3 rings (SSSR count). The van der Waals surface area contributed by atoms with E-state index in [0.29, 0.717) is 12.2 Å². The molecule has 1 amide bonds. The van der Waals surface area contributed by atoms with Crippen LogP contribution in [0.25, 0.3) is 6.08 Å². The van der Waals surface area contributed by atoms with Crippen molar-refractivity contribution in [2.24, 2.45) is 0 Å². The summed E-state index contributed by atoms with van der Waals surface area (Å²) in [5.41, 5.74) is 2.10. The van der Waals surface area contributed by atoms with Crippen LogP contribution in [-0.2, 0) is 14.3 Å². The number of nitrogens with one attached hydrogen (secondary N) is 1. The van der Waals surface area contributed by atoms with Gasteiger partial charge in [-0.25, -0.2) is 0 Å². The van der Waals surface area contributed by atoms with E-state index in [1.807, 2.05) is 25.1 Å². The van der Waals surface area contributed by atoms with Gasteiger partial charge in [0.2, 0.25) is 5.91 Å². The van der Waals surface area contributed by atoms with Gasteiger partial charge in [-0.2, -0.15) is 0 Å². The lowest BCUT2D eigenvalue weighted by Crippen LogP contribution is -2.67. The number of rotatable bonds is 6. The lowest BCUT2D eigenvalue weighted by molar-refractivity contribution is -0.155. The Morgan fingerprint density at radius 1 is 1.24 bits per heavy atom. The van der Waals surface area contributed by atoms with E-state index in [0.717, 1.165) is 16.9 Å². The second-order valence-corrected chi connectivity index (χ2v) is 7.30. The smallest absolute Gasteiger partial charge is 0.247 e. The molecule has 29 heavy (non-hydrogen) atoms. The lowest BCUT2D eigenvalue weighted by atomic mass is 9.83. The molecular weight excluding hydrogens is 378 g/mol. The van der Waals surface area contributed by atoms with Crippen LogP contribution in [0.2, 0.25) is 0 Å². The Labute approximate surface area is 169 Å². The van der Waals surface area contributed by atoms with Crippen molar-refractivity contribution in [3.8, 4) is 5.75 Å². The summed E-state index contributed by atoms with van der Waals surface area (Å²) in [5.74, 6) is 0.266. The maximum absolute atomic E-state index is 12.6. The van der Waals surface area contributed by atoms with Crippen molar-refractivity contribution in [3.63, 3.8) is 0 Å². The highest BCUT2D eigenvalue weighted by molar-refractivity contribution is 5.97. The van der Waals surface area contributed by atoms with Gasteiger partial charge in [-0.05, 0) is 43.2 Å². The van der Waals surface area contributed by atoms with E-state index < -0.39 is 42.5 Å². The summed E-state index contributed by atoms with van der Waals surface area (Å²) in [6.45, 7) is 7.48. The molecule has 2 fully saturated rings. The van der Waals surface area contributed by atoms with Crippen LogP contribution in [0.3, 0.4) is 0 Å². The third kappa shape index (κ3) is 4.52. The number of hydrogen-bond donors (Lipinski definition) is 4. The van der Waals surface area contributed by atoms with Gasteiger partial charge < -0.3 is 34.8 Å². The summed E-state index contributed by atoms with van der Waals surface area (Å²) >= 11 is 0. The van der Waals surface area contributed by atoms with Gasteiger partial charge in [0.1, 0.15) is 49.7 Å². The van der Waals surface area contributed by atoms with Crippen molar-refractivity contribution in [3.05, 3.63) is 47.6 Å². The molecule has 4 N–H and O–H groups in total. The number of carbonyl (C=O) groups excluding carboxylic acids is 1. The summed E-state index contributed by atoms with van der Waals surface area (Å²) in [6, 6.07) is 4.45. The number of aryl methyl sites for hydroxylation is 1. The van der Waals surface area contributed by atoms with Crippen LogP contribution < -0.4 is 10.1 Å². The SMILES string of the molecule is C=CCOc1ccc(/C=C(/C)C(=O)N[C@@H]2[C@H](O)[C@@H](O)[C@H]3OCO[C@H]3[C@@H]2O)cc1C. The first kappa shape index (κ1) is 21.5. The molecule has 0 aromatic heterocycles. The number of ether oxygens (including phenoxy) is 3. The lowest BCUT2D eigenvalue weighted by Gasteiger charge is -2.41. The molecule has 8 heteroatoms. The van der Waals surface area contributed by atoms with Gasteiger partial charge in [0.05, 0.1) is 6.04 Å². The highest BCUT2D eigenvalue weighted by Crippen LogP contribution is 2.30. The molecule has 0 spiro atoms. The van der Waals surface area contributed by atoms with E-state index >= 15 is 0 Å². The first-order chi connectivity index (χ1) is 13.8. The third-order valence-electron chi connectivity index (χ3n) is 5.20. The Bertz CT molecular complexity index is 793. The Hall–Kier alpha value is -2.23. The first-order valence-electron chi connectivity index (χ1n) is 9.44. The molecule has 1 heterocycles. The highest BCUT2D eigenvalue weighted by atomic mass is 16.7. The zero-order valence-electron chi connectivity index (χ0n) is 16.4. The molecule has 1 aliphatic heterocycles. The van der Waals surface area contributed by atoms with Crippen LogP contribution in [-0.4, -0.2) is 71.2 Å². The van der Waals surface area contributed by atoms with Crippen LogP contribution in [0.4, 0.5) is 0 Å². The minimum atomic E-state index is -1.38. The zero-order valence-corrected chi connectivity index (χ0v) is 16.4. The molecule has 1 aliphatic carbocycles. The molecular formula is C21H27NO7. The monoisotopic (exact) mass is 405 g/mol. The van der Waals surface area contributed by atoms with Gasteiger partial charge in [0.25, 0.3) is 0 Å². The number of benzene rings is 1. The number of aliphatic hydroxyl groups is 3. The second kappa shape index (κ2) is 9.06. The van der Waals surface area contributed by atoms with Gasteiger partial charge in [-0.15, -0.1) is 0 Å². The minimum Gasteiger partial charge on any atom is -0.489 e. The average molecular weight is 405 g/mol. The molecule has 0 unspecified atom stereocenters. The van der Waals surface area contributed by atoms with Gasteiger partial charge >= 0.3 is 0 Å². The van der Waals surface area contributed by atoms with E-state index in [1.54, 1.807) is 19.1 Å². The molecule has 0 bridgehead atoms. The molecule has 1 saturated heterocycles. The normalized spacial score (nSPS) is 31.8. The predicted molar refractivity (Wildman–Crippen MR) is 105 cm³/mol. The van der Waals surface area contributed by atoms with E-state index in [2.05, 4.69) is 11.9 Å². The topological polar surface area (TPSA) is 117 Å². The quantitative estimate of drug-likeness (QED) is 0.397. The fourth-order valence-corrected chi connectivity index (χ4v) is 3.61. The Morgan fingerprint density at radius 2 is 1.93 bits per heavy atom. The maximum Gasteiger partial charge on any atom is 0.247 e. The molecule has 0 radical (unpaired) electrons. The van der Waals surface area contributed by atoms with E-state index in [4.69, 9.17) is 14.2 Å². The average Bonchev–Trinajstić information content (AvgIpc) is 3.19. The highest BCUT2D eigenvalue weighted by Gasteiger charge is 2.53. The van der Waals surface area contributed by atoms with Crippen molar-refractivity contribution in [1.82, 2.24) is 5.32 Å². The Balaban J connectivity index is 1.69. The van der Waals surface area contributed by atoms with Crippen LogP contribution in [0.5, 0.6) is 5.75 Å². The summed E-state index contributed by atoms with van der Waals surface area (Å²) < 4.78 is 16.0. The van der Waals surface area contributed by atoms with Crippen LogP contribution in [0, 0.1) is 6.92 Å². The largest absolute Gasteiger partial charge is 0.489 e. The van der Waals surface area contributed by atoms with Gasteiger partial charge in [0.15, 0.2) is 0 Å². The summed E-state index contributed by atoms with van der Waals surface area (Å²) in [7, 11) is 0. The fourth-order valence-electron chi connectivity index (χ4n) is 3.61. The fraction of sp³-hybridized carbons (Fsp3) is 0.476. The number of fused-ring (bicyclic) bond motifs is 1. The van der Waals surface area contributed by atoms with Crippen molar-refractivity contribution < 1.29 is 34.3 Å². The molecule has 1 saturated carbocycles. The van der Waals surface area contributed by atoms with Gasteiger partial charge in [-0.1, -0.05) is 18.7 Å². The molecule has 1 aromatic carbocycles. The predicted octanol–water partition coefficient (Wildman–Crippen LogP) is 0.286. The van der Waals surface area contributed by atoms with Gasteiger partial charge in [0, 0.05) is 5.57 Å². The number of carbonyl (C=O) groups is 1. The number of amides is 1. The van der Waals surface area contributed by atoms with Crippen molar-refractivity contribution >= 4 is 12.0 Å². The van der Waals surface area contributed by atoms with Crippen molar-refractivity contribution in [2.75, 3.05) is 13.4 Å². The minimum absolute atomic E-state index is 0.0817. The summed E-state index contributed by atoms with van der Waals surface area (Å²) in [6.07, 6.45) is -2.14. The number of hydrogen-bond acceptors (Lipinski definition) is 7. The van der Waals surface area contributed by atoms with Crippen LogP contribution >= 0.6 is 0 Å². The van der Waals surface area contributed by atoms with E-state index in [-0.39, 0.29) is 6.79 Å². The van der Waals surface area contributed by atoms with E-state index in [9.17, 15) is 20.1 Å². The maximum atomic E-state index is 12.6. The summed E-state index contributed by atoms with van der Waals surface area (Å²) in [4.78, 5) is 12.6. The van der Waals surface area contributed by atoms with Crippen molar-refractivity contribution in [2.45, 2.75) is 50.4 Å². The molecule has 158 valence electrons. The summed E-state index contributed by atoms with van der Waals surface area (Å²) in [5, 5.41) is 33.6. The Kier molecular flexibility index (Phi) is 6.71. The first-order valence-corrected chi connectivity index (χ1v) is 9.44. The third-order valence-corrected chi connectivity index (χ3v) is 5.20. The van der Waals surface area contributed by atoms with Gasteiger partial charge in [-0.3, -0.25) is 4.79 Å². The molecule has 2 aliphatic rings. The standard InChI is InChI=1S/C21H27NO7/c1-4-7-27-14-6-5-13(8-11(14)2)9-12(3)21(26)22-15-16(23)18(25)20-19(17(15)24)28-10-29-20/h4-6,8-9,15-20,23-25H,1,7,10H2,2-3H3,(H,22,26)/b12-9-/t15-,16+,17-,18-,19+,20-/m1/s1. The number of aliphatic hydroxyl groups excluding tert-OH is 3. The molecule has 1 aromatic rings. The zero-order chi connectivity index (χ0) is 21.1. The van der Waals surface area contributed by atoms with Crippen LogP contribution in [0.1, 0.15) is 18.1 Å². The molecule has 6 atom stereocenters. The van der Waals surface area contributed by atoms with Crippen LogP contribution in [0.15, 0.2) is 36.4 Å². The Morgan fingerprint density at radius 3 is 2.59 bits per heavy atom. The molecule has 8 nitrogen and oxygen atoms in total. The van der Waals surface area contributed by atoms with E-state index in [1.165, 1.54) is 0 Å². The second-order valence-electron chi connectivity index (χ2n) is 7.30. The van der Waals surface area contributed by atoms with Crippen molar-refractivity contribution in [1.29, 1.82) is 0 Å².